The van der Waals surface area contributed by atoms with Crippen molar-refractivity contribution in [1.82, 2.24) is 4.98 Å². The maximum atomic E-state index is 11.9. The Hall–Kier alpha value is -2.91. The molecular weight excluding hydrogens is 446 g/mol. The van der Waals surface area contributed by atoms with Gasteiger partial charge in [0.2, 0.25) is 0 Å². The predicted molar refractivity (Wildman–Crippen MR) is 124 cm³/mol. The van der Waals surface area contributed by atoms with E-state index in [9.17, 15) is 13.2 Å². The topological polar surface area (TPSA) is 79.8 Å². The van der Waals surface area contributed by atoms with Crippen LogP contribution in [0.4, 0.5) is 15.6 Å². The summed E-state index contributed by atoms with van der Waals surface area (Å²) < 4.78 is 28.7. The van der Waals surface area contributed by atoms with Crippen molar-refractivity contribution in [2.24, 2.45) is 0 Å². The summed E-state index contributed by atoms with van der Waals surface area (Å²) in [5.41, 5.74) is 4.32. The van der Waals surface area contributed by atoms with Gasteiger partial charge in [-0.25, -0.2) is 18.2 Å². The van der Waals surface area contributed by atoms with Gasteiger partial charge in [0.1, 0.15) is 6.61 Å². The van der Waals surface area contributed by atoms with Gasteiger partial charge in [-0.05, 0) is 47.4 Å². The van der Waals surface area contributed by atoms with Gasteiger partial charge in [0.05, 0.1) is 11.4 Å². The fourth-order valence-electron chi connectivity index (χ4n) is 4.11. The zero-order valence-corrected chi connectivity index (χ0v) is 19.3. The van der Waals surface area contributed by atoms with E-state index in [1.165, 1.54) is 17.4 Å². The lowest BCUT2D eigenvalue weighted by atomic mass is 9.99. The highest BCUT2D eigenvalue weighted by Gasteiger charge is 2.26. The maximum absolute atomic E-state index is 11.9. The van der Waals surface area contributed by atoms with Crippen molar-refractivity contribution in [2.45, 2.75) is 24.3 Å². The zero-order chi connectivity index (χ0) is 22.3. The standard InChI is InChI=1S/C23H23N3O4S2/c1-32(28,29)21-4-2-3-16(12-21)11-20-14-24-22(31-20)25-8-7-17-5-6-19(13-18(17)15-25)26-9-10-30-23(26)27/h2-6,12-14H,7-11,15H2,1H3. The van der Waals surface area contributed by atoms with E-state index in [4.69, 9.17) is 4.74 Å². The second-order valence-electron chi connectivity index (χ2n) is 8.10. The number of cyclic esters (lactones) is 1. The fourth-order valence-corrected chi connectivity index (χ4v) is 5.78. The van der Waals surface area contributed by atoms with Crippen LogP contribution < -0.4 is 9.80 Å². The molecule has 0 aliphatic carbocycles. The van der Waals surface area contributed by atoms with E-state index in [0.29, 0.717) is 24.5 Å². The predicted octanol–water partition coefficient (Wildman–Crippen LogP) is 3.66. The third kappa shape index (κ3) is 4.22. The quantitative estimate of drug-likeness (QED) is 0.567. The van der Waals surface area contributed by atoms with E-state index >= 15 is 0 Å². The first-order valence-electron chi connectivity index (χ1n) is 10.4. The molecule has 7 nitrogen and oxygen atoms in total. The van der Waals surface area contributed by atoms with E-state index in [0.717, 1.165) is 40.8 Å². The van der Waals surface area contributed by atoms with Gasteiger partial charge in [0.25, 0.3) is 0 Å². The van der Waals surface area contributed by atoms with Gasteiger partial charge in [0, 0.05) is 42.5 Å². The Kier molecular flexibility index (Phi) is 5.38. The maximum Gasteiger partial charge on any atom is 0.414 e. The van der Waals surface area contributed by atoms with E-state index in [1.54, 1.807) is 34.4 Å². The Labute approximate surface area is 191 Å². The molecule has 0 N–H and O–H groups in total. The molecule has 9 heteroatoms. The summed E-state index contributed by atoms with van der Waals surface area (Å²) in [6.45, 7) is 2.63. The number of ether oxygens (including phenoxy) is 1. The normalized spacial score (nSPS) is 16.2. The molecule has 0 unspecified atom stereocenters. The van der Waals surface area contributed by atoms with Gasteiger partial charge in [-0.2, -0.15) is 0 Å². The molecule has 0 saturated carbocycles. The van der Waals surface area contributed by atoms with E-state index < -0.39 is 9.84 Å². The Morgan fingerprint density at radius 3 is 2.78 bits per heavy atom. The Morgan fingerprint density at radius 1 is 1.12 bits per heavy atom. The van der Waals surface area contributed by atoms with Gasteiger partial charge < -0.3 is 9.64 Å². The van der Waals surface area contributed by atoms with Crippen LogP contribution in [0.1, 0.15) is 21.6 Å². The number of fused-ring (bicyclic) bond motifs is 1. The van der Waals surface area contributed by atoms with Crippen LogP contribution in [0.15, 0.2) is 53.6 Å². The molecule has 2 aliphatic rings. The summed E-state index contributed by atoms with van der Waals surface area (Å²) in [6, 6.07) is 13.3. The molecule has 1 fully saturated rings. The van der Waals surface area contributed by atoms with Crippen LogP contribution in [0.2, 0.25) is 0 Å². The number of benzene rings is 2. The van der Waals surface area contributed by atoms with Crippen LogP contribution in [0.25, 0.3) is 0 Å². The minimum absolute atomic E-state index is 0.290. The molecule has 3 aromatic rings. The number of aromatic nitrogens is 1. The van der Waals surface area contributed by atoms with Gasteiger partial charge in [-0.15, -0.1) is 11.3 Å². The van der Waals surface area contributed by atoms with Crippen molar-refractivity contribution in [1.29, 1.82) is 0 Å². The van der Waals surface area contributed by atoms with Crippen molar-refractivity contribution in [3.05, 3.63) is 70.2 Å². The summed E-state index contributed by atoms with van der Waals surface area (Å²) in [4.78, 5) is 21.9. The second kappa shape index (κ2) is 8.22. The molecule has 1 aromatic heterocycles. The van der Waals surface area contributed by atoms with E-state index in [-0.39, 0.29) is 6.09 Å². The van der Waals surface area contributed by atoms with E-state index in [2.05, 4.69) is 22.0 Å². The largest absolute Gasteiger partial charge is 0.447 e. The molecule has 1 amide bonds. The Bertz CT molecular complexity index is 1290. The molecule has 2 aliphatic heterocycles. The lowest BCUT2D eigenvalue weighted by Gasteiger charge is -2.29. The lowest BCUT2D eigenvalue weighted by molar-refractivity contribution is 0.181. The zero-order valence-electron chi connectivity index (χ0n) is 17.7. The van der Waals surface area contributed by atoms with Crippen LogP contribution in [0.3, 0.4) is 0 Å². The second-order valence-corrected chi connectivity index (χ2v) is 11.2. The number of thiazole rings is 1. The first-order chi connectivity index (χ1) is 15.4. The SMILES string of the molecule is CS(=O)(=O)c1cccc(Cc2cnc(N3CCc4ccc(N5CCOC5=O)cc4C3)s2)c1. The van der Waals surface area contributed by atoms with Crippen molar-refractivity contribution < 1.29 is 17.9 Å². The monoisotopic (exact) mass is 469 g/mol. The first kappa shape index (κ1) is 21.0. The molecule has 0 bridgehead atoms. The summed E-state index contributed by atoms with van der Waals surface area (Å²) in [7, 11) is -3.22. The van der Waals surface area contributed by atoms with Crippen molar-refractivity contribution >= 4 is 38.1 Å². The Balaban J connectivity index is 1.32. The van der Waals surface area contributed by atoms with Gasteiger partial charge in [-0.3, -0.25) is 4.90 Å². The summed E-state index contributed by atoms with van der Waals surface area (Å²) >= 11 is 1.63. The molecule has 32 heavy (non-hydrogen) atoms. The van der Waals surface area contributed by atoms with Gasteiger partial charge in [0.15, 0.2) is 15.0 Å². The van der Waals surface area contributed by atoms with Crippen LogP contribution in [0, 0.1) is 0 Å². The minimum atomic E-state index is -3.22. The Morgan fingerprint density at radius 2 is 2.00 bits per heavy atom. The van der Waals surface area contributed by atoms with Crippen molar-refractivity contribution in [2.75, 3.05) is 35.8 Å². The number of rotatable bonds is 5. The molecule has 5 rings (SSSR count). The van der Waals surface area contributed by atoms with Crippen LogP contribution in [0.5, 0.6) is 0 Å². The fraction of sp³-hybridized carbons (Fsp3) is 0.304. The average molecular weight is 470 g/mol. The first-order valence-corrected chi connectivity index (χ1v) is 13.1. The molecule has 2 aromatic carbocycles. The van der Waals surface area contributed by atoms with Crippen molar-refractivity contribution in [3.63, 3.8) is 0 Å². The van der Waals surface area contributed by atoms with Gasteiger partial charge >= 0.3 is 6.09 Å². The number of sulfone groups is 1. The summed E-state index contributed by atoms with van der Waals surface area (Å²) in [6.07, 6.45) is 4.38. The molecule has 3 heterocycles. The number of carbonyl (C=O) groups is 1. The van der Waals surface area contributed by atoms with Gasteiger partial charge in [-0.1, -0.05) is 18.2 Å². The summed E-state index contributed by atoms with van der Waals surface area (Å²) in [5.74, 6) is 0. The highest BCUT2D eigenvalue weighted by atomic mass is 32.2. The average Bonchev–Trinajstić information content (AvgIpc) is 3.41. The molecule has 0 radical (unpaired) electrons. The molecule has 166 valence electrons. The third-order valence-corrected chi connectivity index (χ3v) is 7.96. The number of carbonyl (C=O) groups excluding carboxylic acids is 1. The van der Waals surface area contributed by atoms with E-state index in [1.807, 2.05) is 18.3 Å². The molecule has 1 saturated heterocycles. The number of hydrogen-bond acceptors (Lipinski definition) is 7. The minimum Gasteiger partial charge on any atom is -0.447 e. The highest BCUT2D eigenvalue weighted by molar-refractivity contribution is 7.90. The van der Waals surface area contributed by atoms with Crippen LogP contribution in [-0.2, 0) is 34.0 Å². The smallest absolute Gasteiger partial charge is 0.414 e. The third-order valence-electron chi connectivity index (χ3n) is 5.79. The van der Waals surface area contributed by atoms with Crippen molar-refractivity contribution in [3.8, 4) is 0 Å². The molecule has 0 spiro atoms. The lowest BCUT2D eigenvalue weighted by Crippen LogP contribution is -2.31. The van der Waals surface area contributed by atoms with Crippen LogP contribution in [-0.4, -0.2) is 45.4 Å². The van der Waals surface area contributed by atoms with Crippen LogP contribution >= 0.6 is 11.3 Å². The number of anilines is 2. The molecular formula is C23H23N3O4S2. The molecule has 0 atom stereocenters. The summed E-state index contributed by atoms with van der Waals surface area (Å²) in [5, 5.41) is 0.955. The number of hydrogen-bond donors (Lipinski definition) is 0. The highest BCUT2D eigenvalue weighted by Crippen LogP contribution is 2.32. The number of amides is 1. The number of nitrogens with zero attached hydrogens (tertiary/aromatic N) is 3.